The molecule has 2 rings (SSSR count). The highest BCUT2D eigenvalue weighted by Crippen LogP contribution is 2.32. The van der Waals surface area contributed by atoms with Crippen molar-refractivity contribution in [3.8, 4) is 0 Å². The normalized spacial score (nSPS) is 12.4. The Hall–Kier alpha value is -2.65. The molecule has 0 fully saturated rings. The zero-order chi connectivity index (χ0) is 18.6. The first-order valence-electron chi connectivity index (χ1n) is 7.37. The van der Waals surface area contributed by atoms with E-state index < -0.39 is 17.6 Å². The minimum Gasteiger partial charge on any atom is -0.352 e. The Balaban J connectivity index is 2.03. The average Bonchev–Trinajstić information content (AvgIpc) is 2.87. The Bertz CT molecular complexity index is 766. The fraction of sp³-hybridized carbons (Fsp3) is 0.400. The molecule has 10 heteroatoms. The Kier molecular flexibility index (Phi) is 5.60. The van der Waals surface area contributed by atoms with Gasteiger partial charge in [-0.15, -0.1) is 10.2 Å². The fourth-order valence-electron chi connectivity index (χ4n) is 2.13. The van der Waals surface area contributed by atoms with Crippen LogP contribution in [0.4, 0.5) is 17.6 Å². The van der Waals surface area contributed by atoms with Crippen LogP contribution in [0.5, 0.6) is 0 Å². The van der Waals surface area contributed by atoms with Crippen molar-refractivity contribution >= 4 is 5.96 Å². The van der Waals surface area contributed by atoms with E-state index in [0.717, 1.165) is 18.0 Å². The number of rotatable bonds is 4. The van der Waals surface area contributed by atoms with Crippen LogP contribution in [0.3, 0.4) is 0 Å². The van der Waals surface area contributed by atoms with Crippen LogP contribution < -0.4 is 10.6 Å². The van der Waals surface area contributed by atoms with E-state index in [4.69, 9.17) is 0 Å². The lowest BCUT2D eigenvalue weighted by Gasteiger charge is -2.15. The number of nitrogens with zero attached hydrogens (tertiary/aromatic N) is 4. The van der Waals surface area contributed by atoms with Gasteiger partial charge in [0.1, 0.15) is 11.6 Å². The summed E-state index contributed by atoms with van der Waals surface area (Å²) in [6.45, 7) is 1.94. The van der Waals surface area contributed by atoms with Gasteiger partial charge >= 0.3 is 6.18 Å². The summed E-state index contributed by atoms with van der Waals surface area (Å²) >= 11 is 0. The first-order chi connectivity index (χ1) is 11.7. The Labute approximate surface area is 142 Å². The van der Waals surface area contributed by atoms with E-state index >= 15 is 0 Å². The molecule has 0 saturated carbocycles. The van der Waals surface area contributed by atoms with Gasteiger partial charge in [-0.3, -0.25) is 4.99 Å². The molecule has 1 heterocycles. The van der Waals surface area contributed by atoms with Gasteiger partial charge in [0.25, 0.3) is 0 Å². The molecule has 0 aliphatic rings. The first-order valence-corrected chi connectivity index (χ1v) is 7.37. The molecule has 0 aliphatic heterocycles. The highest BCUT2D eigenvalue weighted by atomic mass is 19.4. The fourth-order valence-corrected chi connectivity index (χ4v) is 2.13. The number of benzene rings is 1. The highest BCUT2D eigenvalue weighted by Gasteiger charge is 2.33. The zero-order valence-corrected chi connectivity index (χ0v) is 13.9. The molecule has 0 spiro atoms. The molecule has 0 saturated heterocycles. The summed E-state index contributed by atoms with van der Waals surface area (Å²) in [4.78, 5) is 3.95. The molecule has 2 aromatic rings. The van der Waals surface area contributed by atoms with Gasteiger partial charge in [-0.25, -0.2) is 4.39 Å². The average molecular weight is 358 g/mol. The minimum absolute atomic E-state index is 0.0775. The molecular weight excluding hydrogens is 340 g/mol. The molecule has 0 bridgehead atoms. The Morgan fingerprint density at radius 1 is 1.20 bits per heavy atom. The molecule has 2 N–H and O–H groups in total. The van der Waals surface area contributed by atoms with Crippen molar-refractivity contribution in [2.75, 3.05) is 7.05 Å². The lowest BCUT2D eigenvalue weighted by Crippen LogP contribution is -2.37. The number of hydrogen-bond donors (Lipinski definition) is 2. The monoisotopic (exact) mass is 358 g/mol. The molecule has 0 aliphatic carbocycles. The van der Waals surface area contributed by atoms with E-state index in [1.165, 1.54) is 7.05 Å². The SMILES string of the molecule is CN=C(NCc1ccc(F)cc1C(F)(F)F)NCc1nnc(C)n1C. The summed E-state index contributed by atoms with van der Waals surface area (Å²) < 4.78 is 53.9. The van der Waals surface area contributed by atoms with Crippen molar-refractivity contribution in [1.29, 1.82) is 0 Å². The van der Waals surface area contributed by atoms with Crippen LogP contribution in [-0.4, -0.2) is 27.8 Å². The topological polar surface area (TPSA) is 67.1 Å². The third-order valence-electron chi connectivity index (χ3n) is 3.64. The second-order valence-corrected chi connectivity index (χ2v) is 5.30. The summed E-state index contributed by atoms with van der Waals surface area (Å²) in [5.74, 6) is 0.744. The molecule has 6 nitrogen and oxygen atoms in total. The molecule has 1 aromatic carbocycles. The van der Waals surface area contributed by atoms with Crippen LogP contribution >= 0.6 is 0 Å². The van der Waals surface area contributed by atoms with Gasteiger partial charge in [0.15, 0.2) is 11.8 Å². The number of guanidine groups is 1. The van der Waals surface area contributed by atoms with Crippen molar-refractivity contribution in [1.82, 2.24) is 25.4 Å². The number of halogens is 4. The standard InChI is InChI=1S/C15H18F4N6/c1-9-23-24-13(25(9)3)8-22-14(20-2)21-7-10-4-5-11(16)6-12(10)15(17,18)19/h4-6H,7-8H2,1-3H3,(H2,20,21,22). The van der Waals surface area contributed by atoms with Crippen molar-refractivity contribution in [3.05, 3.63) is 46.8 Å². The van der Waals surface area contributed by atoms with Gasteiger partial charge in [0.2, 0.25) is 0 Å². The zero-order valence-electron chi connectivity index (χ0n) is 13.9. The number of alkyl halides is 3. The second kappa shape index (κ2) is 7.49. The van der Waals surface area contributed by atoms with Crippen LogP contribution in [0.25, 0.3) is 0 Å². The first kappa shape index (κ1) is 18.7. The van der Waals surface area contributed by atoms with Gasteiger partial charge in [-0.05, 0) is 24.6 Å². The van der Waals surface area contributed by atoms with Gasteiger partial charge in [-0.2, -0.15) is 13.2 Å². The van der Waals surface area contributed by atoms with Crippen LogP contribution in [0.15, 0.2) is 23.2 Å². The van der Waals surface area contributed by atoms with E-state index in [1.54, 1.807) is 18.5 Å². The second-order valence-electron chi connectivity index (χ2n) is 5.30. The van der Waals surface area contributed by atoms with Gasteiger partial charge < -0.3 is 15.2 Å². The summed E-state index contributed by atoms with van der Waals surface area (Å²) in [5.41, 5.74) is -1.09. The highest BCUT2D eigenvalue weighted by molar-refractivity contribution is 5.79. The quantitative estimate of drug-likeness (QED) is 0.499. The van der Waals surface area contributed by atoms with E-state index in [-0.39, 0.29) is 18.1 Å². The molecule has 1 aromatic heterocycles. The molecule has 0 unspecified atom stereocenters. The third kappa shape index (κ3) is 4.68. The number of hydrogen-bond acceptors (Lipinski definition) is 3. The van der Waals surface area contributed by atoms with Crippen molar-refractivity contribution < 1.29 is 17.6 Å². The third-order valence-corrected chi connectivity index (χ3v) is 3.64. The van der Waals surface area contributed by atoms with E-state index in [1.807, 2.05) is 0 Å². The lowest BCUT2D eigenvalue weighted by atomic mass is 10.1. The predicted octanol–water partition coefficient (Wildman–Crippen LogP) is 2.15. The maximum atomic E-state index is 13.1. The molecule has 0 amide bonds. The summed E-state index contributed by atoms with van der Waals surface area (Å²) in [6, 6.07) is 2.57. The maximum Gasteiger partial charge on any atom is 0.416 e. The maximum absolute atomic E-state index is 13.1. The molecular formula is C15H18F4N6. The minimum atomic E-state index is -4.63. The predicted molar refractivity (Wildman–Crippen MR) is 84.2 cm³/mol. The van der Waals surface area contributed by atoms with Gasteiger partial charge in [0, 0.05) is 20.6 Å². The Morgan fingerprint density at radius 3 is 2.44 bits per heavy atom. The van der Waals surface area contributed by atoms with E-state index in [2.05, 4.69) is 25.8 Å². The van der Waals surface area contributed by atoms with Crippen molar-refractivity contribution in [2.45, 2.75) is 26.2 Å². The number of nitrogens with one attached hydrogen (secondary N) is 2. The molecule has 136 valence electrons. The van der Waals surface area contributed by atoms with E-state index in [0.29, 0.717) is 18.4 Å². The van der Waals surface area contributed by atoms with Crippen LogP contribution in [-0.2, 0) is 26.3 Å². The van der Waals surface area contributed by atoms with Crippen molar-refractivity contribution in [3.63, 3.8) is 0 Å². The Morgan fingerprint density at radius 2 is 1.88 bits per heavy atom. The van der Waals surface area contributed by atoms with E-state index in [9.17, 15) is 17.6 Å². The van der Waals surface area contributed by atoms with Crippen LogP contribution in [0.1, 0.15) is 22.8 Å². The lowest BCUT2D eigenvalue weighted by molar-refractivity contribution is -0.138. The van der Waals surface area contributed by atoms with Gasteiger partial charge in [0.05, 0.1) is 12.1 Å². The number of aromatic nitrogens is 3. The van der Waals surface area contributed by atoms with Gasteiger partial charge in [-0.1, -0.05) is 6.07 Å². The summed E-state index contributed by atoms with van der Waals surface area (Å²) in [5, 5.41) is 13.6. The van der Waals surface area contributed by atoms with Crippen LogP contribution in [0.2, 0.25) is 0 Å². The number of aliphatic imine (C=N–C) groups is 1. The smallest absolute Gasteiger partial charge is 0.352 e. The van der Waals surface area contributed by atoms with Crippen molar-refractivity contribution in [2.24, 2.45) is 12.0 Å². The summed E-state index contributed by atoms with van der Waals surface area (Å²) in [7, 11) is 3.29. The molecule has 0 radical (unpaired) electrons. The largest absolute Gasteiger partial charge is 0.416 e. The molecule has 25 heavy (non-hydrogen) atoms. The molecule has 0 atom stereocenters. The summed E-state index contributed by atoms with van der Waals surface area (Å²) in [6.07, 6.45) is -4.63. The van der Waals surface area contributed by atoms with Crippen LogP contribution in [0, 0.1) is 12.7 Å². The number of aryl methyl sites for hydroxylation is 1.